The van der Waals surface area contributed by atoms with Gasteiger partial charge in [0.2, 0.25) is 0 Å². The molecule has 0 unspecified atom stereocenters. The van der Waals surface area contributed by atoms with Gasteiger partial charge < -0.3 is 15.4 Å². The lowest BCUT2D eigenvalue weighted by molar-refractivity contribution is 0.414. The lowest BCUT2D eigenvalue weighted by atomic mass is 10.1. The molecule has 0 aliphatic heterocycles. The molecule has 19 heavy (non-hydrogen) atoms. The summed E-state index contributed by atoms with van der Waals surface area (Å²) in [5.74, 6) is 1.84. The molecule has 0 atom stereocenters. The fraction of sp³-hybridized carbons (Fsp3) is 0.533. The number of nitrogens with one attached hydrogen (secondary N) is 2. The van der Waals surface area contributed by atoms with E-state index in [1.807, 2.05) is 12.1 Å². The van der Waals surface area contributed by atoms with Gasteiger partial charge in [0.05, 0.1) is 7.11 Å². The number of ether oxygens (including phenoxy) is 1. The molecule has 0 saturated heterocycles. The highest BCUT2D eigenvalue weighted by Crippen LogP contribution is 2.18. The van der Waals surface area contributed by atoms with Crippen molar-refractivity contribution in [2.75, 3.05) is 20.2 Å². The predicted molar refractivity (Wildman–Crippen MR) is 78.8 cm³/mol. The third-order valence-corrected chi connectivity index (χ3v) is 3.07. The zero-order chi connectivity index (χ0) is 13.5. The molecule has 4 heteroatoms. The maximum Gasteiger partial charge on any atom is 0.191 e. The Morgan fingerprint density at radius 3 is 2.95 bits per heavy atom. The van der Waals surface area contributed by atoms with Gasteiger partial charge in [-0.1, -0.05) is 12.1 Å². The van der Waals surface area contributed by atoms with E-state index in [0.29, 0.717) is 6.04 Å². The molecule has 1 fully saturated rings. The molecule has 1 aromatic carbocycles. The quantitative estimate of drug-likeness (QED) is 0.608. The molecule has 0 bridgehead atoms. The van der Waals surface area contributed by atoms with Crippen molar-refractivity contribution in [3.05, 3.63) is 29.8 Å². The average Bonchev–Trinajstić information content (AvgIpc) is 3.23. The van der Waals surface area contributed by atoms with Crippen molar-refractivity contribution < 1.29 is 4.74 Å². The summed E-state index contributed by atoms with van der Waals surface area (Å²) in [6, 6.07) is 8.79. The molecule has 2 rings (SSSR count). The monoisotopic (exact) mass is 261 g/mol. The minimum Gasteiger partial charge on any atom is -0.497 e. The third kappa shape index (κ3) is 4.81. The molecular weight excluding hydrogens is 238 g/mol. The summed E-state index contributed by atoms with van der Waals surface area (Å²) in [6.45, 7) is 3.78. The van der Waals surface area contributed by atoms with E-state index in [9.17, 15) is 0 Å². The highest BCUT2D eigenvalue weighted by molar-refractivity contribution is 5.80. The molecule has 1 aliphatic rings. The molecular formula is C15H23N3O. The number of hydrogen-bond acceptors (Lipinski definition) is 2. The Bertz CT molecular complexity index is 427. The van der Waals surface area contributed by atoms with Crippen molar-refractivity contribution in [2.45, 2.75) is 32.2 Å². The van der Waals surface area contributed by atoms with Gasteiger partial charge in [-0.2, -0.15) is 0 Å². The molecule has 0 aromatic heterocycles. The molecule has 0 radical (unpaired) electrons. The van der Waals surface area contributed by atoms with Gasteiger partial charge in [0.1, 0.15) is 5.75 Å². The standard InChI is InChI=1S/C15H23N3O/c1-3-16-15(18-13-7-8-13)17-10-9-12-5-4-6-14(11-12)19-2/h4-6,11,13H,3,7-10H2,1-2H3,(H2,16,17,18). The molecule has 4 nitrogen and oxygen atoms in total. The van der Waals surface area contributed by atoms with Crippen LogP contribution in [0.4, 0.5) is 0 Å². The summed E-state index contributed by atoms with van der Waals surface area (Å²) in [7, 11) is 1.69. The Morgan fingerprint density at radius 1 is 1.42 bits per heavy atom. The van der Waals surface area contributed by atoms with Gasteiger partial charge in [0.15, 0.2) is 5.96 Å². The highest BCUT2D eigenvalue weighted by Gasteiger charge is 2.21. The van der Waals surface area contributed by atoms with Crippen LogP contribution in [0.2, 0.25) is 0 Å². The maximum absolute atomic E-state index is 5.22. The van der Waals surface area contributed by atoms with Gasteiger partial charge in [-0.25, -0.2) is 0 Å². The van der Waals surface area contributed by atoms with Crippen molar-refractivity contribution in [2.24, 2.45) is 4.99 Å². The van der Waals surface area contributed by atoms with E-state index >= 15 is 0 Å². The van der Waals surface area contributed by atoms with Crippen molar-refractivity contribution >= 4 is 5.96 Å². The van der Waals surface area contributed by atoms with Gasteiger partial charge >= 0.3 is 0 Å². The Balaban J connectivity index is 1.84. The van der Waals surface area contributed by atoms with Crippen LogP contribution in [-0.2, 0) is 6.42 Å². The van der Waals surface area contributed by atoms with Crippen molar-refractivity contribution in [1.82, 2.24) is 10.6 Å². The largest absolute Gasteiger partial charge is 0.497 e. The second-order valence-corrected chi connectivity index (χ2v) is 4.78. The first kappa shape index (κ1) is 13.7. The number of benzene rings is 1. The minimum absolute atomic E-state index is 0.634. The van der Waals surface area contributed by atoms with Crippen LogP contribution < -0.4 is 15.4 Å². The van der Waals surface area contributed by atoms with E-state index < -0.39 is 0 Å². The van der Waals surface area contributed by atoms with Gasteiger partial charge in [0, 0.05) is 19.1 Å². The smallest absolute Gasteiger partial charge is 0.191 e. The fourth-order valence-corrected chi connectivity index (χ4v) is 1.87. The van der Waals surface area contributed by atoms with Crippen LogP contribution in [0.15, 0.2) is 29.3 Å². The van der Waals surface area contributed by atoms with Crippen LogP contribution in [0, 0.1) is 0 Å². The van der Waals surface area contributed by atoms with Gasteiger partial charge in [-0.15, -0.1) is 0 Å². The molecule has 0 spiro atoms. The number of methoxy groups -OCH3 is 1. The first-order valence-electron chi connectivity index (χ1n) is 6.99. The zero-order valence-electron chi connectivity index (χ0n) is 11.8. The summed E-state index contributed by atoms with van der Waals surface area (Å²) in [4.78, 5) is 4.60. The van der Waals surface area contributed by atoms with E-state index in [1.165, 1.54) is 18.4 Å². The topological polar surface area (TPSA) is 45.7 Å². The summed E-state index contributed by atoms with van der Waals surface area (Å²) in [6.07, 6.45) is 3.46. The number of hydrogen-bond donors (Lipinski definition) is 2. The van der Waals surface area contributed by atoms with Crippen molar-refractivity contribution in [1.29, 1.82) is 0 Å². The van der Waals surface area contributed by atoms with Gasteiger partial charge in [-0.3, -0.25) is 4.99 Å². The maximum atomic E-state index is 5.22. The van der Waals surface area contributed by atoms with E-state index in [0.717, 1.165) is 31.2 Å². The first-order valence-corrected chi connectivity index (χ1v) is 6.99. The van der Waals surface area contributed by atoms with Crippen molar-refractivity contribution in [3.63, 3.8) is 0 Å². The normalized spacial score (nSPS) is 15.2. The van der Waals surface area contributed by atoms with Gasteiger partial charge in [0.25, 0.3) is 0 Å². The summed E-state index contributed by atoms with van der Waals surface area (Å²) < 4.78 is 5.22. The van der Waals surface area contributed by atoms with E-state index in [1.54, 1.807) is 7.11 Å². The zero-order valence-corrected chi connectivity index (χ0v) is 11.8. The molecule has 1 aliphatic carbocycles. The van der Waals surface area contributed by atoms with Crippen LogP contribution in [0.5, 0.6) is 5.75 Å². The second kappa shape index (κ2) is 7.02. The first-order chi connectivity index (χ1) is 9.31. The molecule has 104 valence electrons. The summed E-state index contributed by atoms with van der Waals surface area (Å²) >= 11 is 0. The van der Waals surface area contributed by atoms with Crippen molar-refractivity contribution in [3.8, 4) is 5.75 Å². The van der Waals surface area contributed by atoms with Crippen LogP contribution >= 0.6 is 0 Å². The average molecular weight is 261 g/mol. The SMILES string of the molecule is CCNC(=NCCc1cccc(OC)c1)NC1CC1. The van der Waals surface area contributed by atoms with Crippen LogP contribution in [0.25, 0.3) is 0 Å². The minimum atomic E-state index is 0.634. The van der Waals surface area contributed by atoms with Gasteiger partial charge in [-0.05, 0) is 43.9 Å². The highest BCUT2D eigenvalue weighted by atomic mass is 16.5. The van der Waals surface area contributed by atoms with Crippen LogP contribution in [-0.4, -0.2) is 32.2 Å². The Morgan fingerprint density at radius 2 is 2.26 bits per heavy atom. The molecule has 2 N–H and O–H groups in total. The van der Waals surface area contributed by atoms with E-state index in [2.05, 4.69) is 34.7 Å². The number of nitrogens with zero attached hydrogens (tertiary/aromatic N) is 1. The van der Waals surface area contributed by atoms with Crippen LogP contribution in [0.3, 0.4) is 0 Å². The predicted octanol–water partition coefficient (Wildman–Crippen LogP) is 1.96. The van der Waals surface area contributed by atoms with E-state index in [4.69, 9.17) is 4.74 Å². The third-order valence-electron chi connectivity index (χ3n) is 3.07. The van der Waals surface area contributed by atoms with Crippen LogP contribution in [0.1, 0.15) is 25.3 Å². The summed E-state index contributed by atoms with van der Waals surface area (Å²) in [5.41, 5.74) is 1.25. The number of guanidine groups is 1. The lowest BCUT2D eigenvalue weighted by Gasteiger charge is -2.10. The molecule has 0 amide bonds. The Kier molecular flexibility index (Phi) is 5.07. The molecule has 1 aromatic rings. The Hall–Kier alpha value is -1.71. The fourth-order valence-electron chi connectivity index (χ4n) is 1.87. The lowest BCUT2D eigenvalue weighted by Crippen LogP contribution is -2.38. The second-order valence-electron chi connectivity index (χ2n) is 4.78. The number of rotatable bonds is 6. The molecule has 1 saturated carbocycles. The summed E-state index contributed by atoms with van der Waals surface area (Å²) in [5, 5.41) is 6.69. The molecule has 0 heterocycles. The number of aliphatic imine (C=N–C) groups is 1. The van der Waals surface area contributed by atoms with E-state index in [-0.39, 0.29) is 0 Å². The Labute approximate surface area is 115 Å².